The van der Waals surface area contributed by atoms with Crippen LogP contribution in [0.25, 0.3) is 0 Å². The Morgan fingerprint density at radius 1 is 1.22 bits per heavy atom. The van der Waals surface area contributed by atoms with Crippen LogP contribution >= 0.6 is 15.9 Å². The molecule has 0 aromatic heterocycles. The number of hydrazine groups is 1. The first kappa shape index (κ1) is 13.2. The van der Waals surface area contributed by atoms with E-state index in [2.05, 4.69) is 21.4 Å². The number of nitrogens with one attached hydrogen (secondary N) is 1. The van der Waals surface area contributed by atoms with Crippen LogP contribution < -0.4 is 11.3 Å². The van der Waals surface area contributed by atoms with Crippen LogP contribution in [-0.4, -0.2) is 0 Å². The Morgan fingerprint density at radius 2 is 1.94 bits per heavy atom. The van der Waals surface area contributed by atoms with Gasteiger partial charge < -0.3 is 0 Å². The van der Waals surface area contributed by atoms with Gasteiger partial charge in [-0.15, -0.1) is 0 Å². The van der Waals surface area contributed by atoms with E-state index in [1.54, 1.807) is 12.1 Å². The molecular weight excluding hydrogens is 295 g/mol. The van der Waals surface area contributed by atoms with Crippen LogP contribution in [0.1, 0.15) is 22.7 Å². The fraction of sp³-hybridized carbons (Fsp3) is 0.143. The summed E-state index contributed by atoms with van der Waals surface area (Å²) in [6, 6.07) is 12.7. The van der Waals surface area contributed by atoms with Gasteiger partial charge in [0.25, 0.3) is 0 Å². The second-order valence-corrected chi connectivity index (χ2v) is 4.98. The summed E-state index contributed by atoms with van der Waals surface area (Å²) in [5, 5.41) is 0. The van der Waals surface area contributed by atoms with Gasteiger partial charge in [-0.25, -0.2) is 9.82 Å². The molecule has 2 aromatic carbocycles. The fourth-order valence-corrected chi connectivity index (χ4v) is 2.36. The van der Waals surface area contributed by atoms with Gasteiger partial charge in [-0.3, -0.25) is 5.84 Å². The van der Waals surface area contributed by atoms with E-state index in [9.17, 15) is 4.39 Å². The van der Waals surface area contributed by atoms with Gasteiger partial charge in [-0.05, 0) is 51.7 Å². The van der Waals surface area contributed by atoms with Gasteiger partial charge in [-0.2, -0.15) is 0 Å². The smallest absolute Gasteiger partial charge is 0.137 e. The molecule has 1 unspecified atom stereocenters. The van der Waals surface area contributed by atoms with Gasteiger partial charge in [0.2, 0.25) is 0 Å². The van der Waals surface area contributed by atoms with Gasteiger partial charge in [0.15, 0.2) is 0 Å². The molecule has 0 bridgehead atoms. The monoisotopic (exact) mass is 308 g/mol. The topological polar surface area (TPSA) is 38.0 Å². The van der Waals surface area contributed by atoms with Crippen LogP contribution in [-0.2, 0) is 0 Å². The largest absolute Gasteiger partial charge is 0.271 e. The highest BCUT2D eigenvalue weighted by Gasteiger charge is 2.15. The molecule has 4 heteroatoms. The van der Waals surface area contributed by atoms with Crippen LogP contribution in [0.15, 0.2) is 46.9 Å². The molecular formula is C14H14BrFN2. The third kappa shape index (κ3) is 2.61. The second kappa shape index (κ2) is 5.61. The van der Waals surface area contributed by atoms with E-state index in [0.717, 1.165) is 16.7 Å². The van der Waals surface area contributed by atoms with Gasteiger partial charge in [-0.1, -0.05) is 30.3 Å². The Kier molecular flexibility index (Phi) is 4.11. The SMILES string of the molecule is Cc1ccccc1C(NN)c1ccc(F)c(Br)c1. The highest BCUT2D eigenvalue weighted by atomic mass is 79.9. The molecule has 0 aliphatic rings. The second-order valence-electron chi connectivity index (χ2n) is 4.13. The Hall–Kier alpha value is -1.23. The first-order valence-corrected chi connectivity index (χ1v) is 6.39. The number of nitrogens with two attached hydrogens (primary N) is 1. The van der Waals surface area contributed by atoms with Gasteiger partial charge in [0.05, 0.1) is 10.5 Å². The molecule has 2 aromatic rings. The fourth-order valence-electron chi connectivity index (χ4n) is 1.97. The molecule has 0 radical (unpaired) electrons. The normalized spacial score (nSPS) is 12.4. The predicted octanol–water partition coefficient (Wildman–Crippen LogP) is 3.45. The molecule has 94 valence electrons. The molecule has 0 fully saturated rings. The van der Waals surface area contributed by atoms with Crippen molar-refractivity contribution in [3.63, 3.8) is 0 Å². The minimum atomic E-state index is -0.278. The average Bonchev–Trinajstić information content (AvgIpc) is 2.37. The highest BCUT2D eigenvalue weighted by molar-refractivity contribution is 9.10. The van der Waals surface area contributed by atoms with Crippen molar-refractivity contribution in [3.05, 3.63) is 69.4 Å². The molecule has 0 saturated heterocycles. The molecule has 0 spiro atoms. The highest BCUT2D eigenvalue weighted by Crippen LogP contribution is 2.27. The summed E-state index contributed by atoms with van der Waals surface area (Å²) in [6.07, 6.45) is 0. The van der Waals surface area contributed by atoms with Crippen molar-refractivity contribution in [2.75, 3.05) is 0 Å². The van der Waals surface area contributed by atoms with E-state index in [4.69, 9.17) is 5.84 Å². The summed E-state index contributed by atoms with van der Waals surface area (Å²) in [4.78, 5) is 0. The Labute approximate surface area is 114 Å². The van der Waals surface area contributed by atoms with Crippen LogP contribution in [0, 0.1) is 12.7 Å². The third-order valence-corrected chi connectivity index (χ3v) is 3.55. The maximum absolute atomic E-state index is 13.2. The lowest BCUT2D eigenvalue weighted by atomic mass is 9.95. The lowest BCUT2D eigenvalue weighted by Crippen LogP contribution is -2.29. The molecule has 0 aliphatic heterocycles. The Balaban J connectivity index is 2.45. The standard InChI is InChI=1S/C14H14BrFN2/c1-9-4-2-3-5-11(9)14(18-17)10-6-7-13(16)12(15)8-10/h2-8,14,18H,17H2,1H3. The summed E-state index contributed by atoms with van der Waals surface area (Å²) >= 11 is 3.19. The zero-order valence-electron chi connectivity index (χ0n) is 9.95. The molecule has 0 amide bonds. The first-order valence-electron chi connectivity index (χ1n) is 5.60. The summed E-state index contributed by atoms with van der Waals surface area (Å²) in [5.74, 6) is 5.36. The van der Waals surface area contributed by atoms with Crippen molar-refractivity contribution in [1.29, 1.82) is 0 Å². The Morgan fingerprint density at radius 3 is 2.56 bits per heavy atom. The number of hydrogen-bond donors (Lipinski definition) is 2. The van der Waals surface area contributed by atoms with Crippen molar-refractivity contribution in [2.45, 2.75) is 13.0 Å². The zero-order chi connectivity index (χ0) is 13.1. The van der Waals surface area contributed by atoms with Gasteiger partial charge >= 0.3 is 0 Å². The molecule has 0 aliphatic carbocycles. The van der Waals surface area contributed by atoms with E-state index < -0.39 is 0 Å². The summed E-state index contributed by atoms with van der Waals surface area (Å²) < 4.78 is 13.7. The lowest BCUT2D eigenvalue weighted by Gasteiger charge is -2.19. The van der Waals surface area contributed by atoms with Crippen molar-refractivity contribution in [1.82, 2.24) is 5.43 Å². The minimum Gasteiger partial charge on any atom is -0.271 e. The van der Waals surface area contributed by atoms with E-state index >= 15 is 0 Å². The van der Waals surface area contributed by atoms with Crippen molar-refractivity contribution < 1.29 is 4.39 Å². The van der Waals surface area contributed by atoms with Crippen LogP contribution in [0.3, 0.4) is 0 Å². The van der Waals surface area contributed by atoms with E-state index in [1.165, 1.54) is 6.07 Å². The molecule has 0 saturated carbocycles. The molecule has 3 N–H and O–H groups in total. The van der Waals surface area contributed by atoms with Crippen molar-refractivity contribution in [3.8, 4) is 0 Å². The van der Waals surface area contributed by atoms with E-state index in [-0.39, 0.29) is 11.9 Å². The summed E-state index contributed by atoms with van der Waals surface area (Å²) in [5.41, 5.74) is 5.92. The maximum Gasteiger partial charge on any atom is 0.137 e. The Bertz CT molecular complexity index is 557. The summed E-state index contributed by atoms with van der Waals surface area (Å²) in [6.45, 7) is 2.03. The zero-order valence-corrected chi connectivity index (χ0v) is 11.5. The average molecular weight is 309 g/mol. The van der Waals surface area contributed by atoms with Gasteiger partial charge in [0, 0.05) is 0 Å². The van der Waals surface area contributed by atoms with Crippen LogP contribution in [0.5, 0.6) is 0 Å². The van der Waals surface area contributed by atoms with Gasteiger partial charge in [0.1, 0.15) is 5.82 Å². The summed E-state index contributed by atoms with van der Waals surface area (Å²) in [7, 11) is 0. The third-order valence-electron chi connectivity index (χ3n) is 2.94. The lowest BCUT2D eigenvalue weighted by molar-refractivity contribution is 0.609. The molecule has 2 rings (SSSR count). The number of aryl methyl sites for hydroxylation is 1. The maximum atomic E-state index is 13.2. The van der Waals surface area contributed by atoms with Crippen LogP contribution in [0.4, 0.5) is 4.39 Å². The molecule has 2 nitrogen and oxygen atoms in total. The van der Waals surface area contributed by atoms with Crippen LogP contribution in [0.2, 0.25) is 0 Å². The van der Waals surface area contributed by atoms with Crippen molar-refractivity contribution >= 4 is 15.9 Å². The van der Waals surface area contributed by atoms with E-state index in [1.807, 2.05) is 31.2 Å². The van der Waals surface area contributed by atoms with Crippen molar-refractivity contribution in [2.24, 2.45) is 5.84 Å². The number of rotatable bonds is 3. The number of halogens is 2. The quantitative estimate of drug-likeness (QED) is 0.673. The number of benzene rings is 2. The minimum absolute atomic E-state index is 0.150. The molecule has 18 heavy (non-hydrogen) atoms. The van der Waals surface area contributed by atoms with E-state index in [0.29, 0.717) is 4.47 Å². The number of hydrogen-bond acceptors (Lipinski definition) is 2. The predicted molar refractivity (Wildman–Crippen MR) is 74.4 cm³/mol. The molecule has 0 heterocycles. The molecule has 1 atom stereocenters. The first-order chi connectivity index (χ1) is 8.63.